The van der Waals surface area contributed by atoms with Crippen molar-refractivity contribution < 1.29 is 9.47 Å². The summed E-state index contributed by atoms with van der Waals surface area (Å²) >= 11 is 1.61. The van der Waals surface area contributed by atoms with E-state index in [1.165, 1.54) is 5.56 Å². The maximum atomic E-state index is 5.92. The third-order valence-electron chi connectivity index (χ3n) is 3.50. The molecule has 0 fully saturated rings. The molecule has 0 spiro atoms. The molecule has 0 bridgehead atoms. The third-order valence-corrected chi connectivity index (χ3v) is 4.73. The summed E-state index contributed by atoms with van der Waals surface area (Å²) in [5, 5.41) is 0.928. The molecule has 2 atom stereocenters. The Bertz CT molecular complexity index is 652. The Kier molecular flexibility index (Phi) is 3.87. The first kappa shape index (κ1) is 14.4. The van der Waals surface area contributed by atoms with Gasteiger partial charge in [0.15, 0.2) is 0 Å². The second-order valence-corrected chi connectivity index (χ2v) is 6.44. The highest BCUT2D eigenvalue weighted by Crippen LogP contribution is 2.41. The van der Waals surface area contributed by atoms with Gasteiger partial charge in [-0.15, -0.1) is 11.3 Å². The van der Waals surface area contributed by atoms with E-state index in [0.29, 0.717) is 6.61 Å². The lowest BCUT2D eigenvalue weighted by Crippen LogP contribution is -2.05. The number of thiazole rings is 1. The number of hydrogen-bond donors (Lipinski definition) is 1. The normalized spacial score (nSPS) is 18.2. The number of nitrogens with zero attached hydrogens (tertiary/aromatic N) is 1. The van der Waals surface area contributed by atoms with Gasteiger partial charge in [0.2, 0.25) is 0 Å². The van der Waals surface area contributed by atoms with Gasteiger partial charge in [-0.25, -0.2) is 4.98 Å². The van der Waals surface area contributed by atoms with Gasteiger partial charge in [-0.05, 0) is 32.9 Å². The van der Waals surface area contributed by atoms with Crippen LogP contribution in [0.25, 0.3) is 10.6 Å². The highest BCUT2D eigenvalue weighted by molar-refractivity contribution is 7.15. The van der Waals surface area contributed by atoms with Crippen molar-refractivity contribution in [1.82, 2.24) is 4.98 Å². The van der Waals surface area contributed by atoms with Gasteiger partial charge in [0.25, 0.3) is 0 Å². The van der Waals surface area contributed by atoms with E-state index < -0.39 is 0 Å². The smallest absolute Gasteiger partial charge is 0.130 e. The van der Waals surface area contributed by atoms with Crippen molar-refractivity contribution in [3.63, 3.8) is 0 Å². The van der Waals surface area contributed by atoms with Crippen molar-refractivity contribution in [2.45, 2.75) is 39.3 Å². The molecular formula is C16H20N2O2S. The Morgan fingerprint density at radius 3 is 3.00 bits per heavy atom. The third kappa shape index (κ3) is 2.76. The summed E-state index contributed by atoms with van der Waals surface area (Å²) in [6.07, 6.45) is 3.00. The summed E-state index contributed by atoms with van der Waals surface area (Å²) in [5.41, 5.74) is 8.12. The van der Waals surface area contributed by atoms with Gasteiger partial charge in [-0.1, -0.05) is 0 Å². The van der Waals surface area contributed by atoms with Gasteiger partial charge in [0.1, 0.15) is 22.6 Å². The zero-order chi connectivity index (χ0) is 15.0. The molecule has 21 heavy (non-hydrogen) atoms. The molecular weight excluding hydrogens is 284 g/mol. The topological polar surface area (TPSA) is 57.4 Å². The molecule has 1 aliphatic rings. The molecule has 0 saturated carbocycles. The molecule has 2 unspecified atom stereocenters. The molecule has 0 amide bonds. The highest BCUT2D eigenvalue weighted by atomic mass is 32.1. The first-order valence-corrected chi connectivity index (χ1v) is 8.08. The molecule has 0 radical (unpaired) electrons. The largest absolute Gasteiger partial charge is 0.493 e. The molecule has 2 heterocycles. The van der Waals surface area contributed by atoms with Crippen LogP contribution in [0.3, 0.4) is 0 Å². The minimum Gasteiger partial charge on any atom is -0.493 e. The molecule has 2 N–H and O–H groups in total. The molecule has 1 aliphatic heterocycles. The lowest BCUT2D eigenvalue weighted by molar-refractivity contribution is 0.254. The van der Waals surface area contributed by atoms with Crippen LogP contribution in [0.4, 0.5) is 0 Å². The van der Waals surface area contributed by atoms with Crippen LogP contribution in [0.15, 0.2) is 18.3 Å². The summed E-state index contributed by atoms with van der Waals surface area (Å²) in [5.74, 6) is 1.82. The maximum Gasteiger partial charge on any atom is 0.130 e. The van der Waals surface area contributed by atoms with Crippen molar-refractivity contribution in [2.24, 2.45) is 5.73 Å². The summed E-state index contributed by atoms with van der Waals surface area (Å²) in [7, 11) is 0. The fourth-order valence-corrected chi connectivity index (χ4v) is 3.39. The van der Waals surface area contributed by atoms with Crippen molar-refractivity contribution in [1.29, 1.82) is 0 Å². The number of nitrogens with two attached hydrogens (primary N) is 1. The Morgan fingerprint density at radius 2 is 2.33 bits per heavy atom. The fraction of sp³-hybridized carbons (Fsp3) is 0.438. The first-order valence-electron chi connectivity index (χ1n) is 7.26. The quantitative estimate of drug-likeness (QED) is 0.938. The molecule has 0 saturated heterocycles. The van der Waals surface area contributed by atoms with Crippen LogP contribution in [0.5, 0.6) is 11.5 Å². The summed E-state index contributed by atoms with van der Waals surface area (Å²) in [4.78, 5) is 5.57. The molecule has 1 aromatic carbocycles. The first-order chi connectivity index (χ1) is 10.1. The summed E-state index contributed by atoms with van der Waals surface area (Å²) in [6.45, 7) is 6.67. The van der Waals surface area contributed by atoms with Crippen LogP contribution in [-0.2, 0) is 6.42 Å². The van der Waals surface area contributed by atoms with Crippen molar-refractivity contribution >= 4 is 11.3 Å². The number of aromatic nitrogens is 1. The van der Waals surface area contributed by atoms with Gasteiger partial charge >= 0.3 is 0 Å². The zero-order valence-corrected chi connectivity index (χ0v) is 13.4. The zero-order valence-electron chi connectivity index (χ0n) is 12.6. The number of benzene rings is 1. The Hall–Kier alpha value is -1.59. The van der Waals surface area contributed by atoms with Crippen LogP contribution in [-0.4, -0.2) is 17.7 Å². The van der Waals surface area contributed by atoms with Gasteiger partial charge in [-0.2, -0.15) is 0 Å². The van der Waals surface area contributed by atoms with Crippen LogP contribution < -0.4 is 15.2 Å². The summed E-state index contributed by atoms with van der Waals surface area (Å²) in [6, 6.07) is 4.13. The predicted octanol–water partition coefficient (Wildman–Crippen LogP) is 3.55. The molecule has 1 aromatic heterocycles. The number of ether oxygens (including phenoxy) is 2. The SMILES string of the molecule is CCOc1cc2c(cc1-c1ncc(C(C)N)s1)OC(C)C2. The lowest BCUT2D eigenvalue weighted by Gasteiger charge is -2.10. The standard InChI is InChI=1S/C16H20N2O2S/c1-4-19-14-6-11-5-9(2)20-13(11)7-12(14)16-18-8-15(21-16)10(3)17/h6-10H,4-5,17H2,1-3H3. The molecule has 112 valence electrons. The second kappa shape index (κ2) is 5.66. The number of rotatable bonds is 4. The van der Waals surface area contributed by atoms with Crippen LogP contribution in [0.1, 0.15) is 37.3 Å². The second-order valence-electron chi connectivity index (χ2n) is 5.38. The maximum absolute atomic E-state index is 5.92. The van der Waals surface area contributed by atoms with Gasteiger partial charge in [0.05, 0.1) is 12.2 Å². The molecule has 0 aliphatic carbocycles. The van der Waals surface area contributed by atoms with E-state index in [1.54, 1.807) is 11.3 Å². The van der Waals surface area contributed by atoms with E-state index in [4.69, 9.17) is 15.2 Å². The van der Waals surface area contributed by atoms with Gasteiger partial charge in [-0.3, -0.25) is 0 Å². The van der Waals surface area contributed by atoms with E-state index in [1.807, 2.05) is 26.1 Å². The molecule has 3 rings (SSSR count). The summed E-state index contributed by atoms with van der Waals surface area (Å²) < 4.78 is 11.7. The Balaban J connectivity index is 2.05. The average Bonchev–Trinajstić information content (AvgIpc) is 3.03. The van der Waals surface area contributed by atoms with E-state index >= 15 is 0 Å². The van der Waals surface area contributed by atoms with Crippen molar-refractivity contribution in [3.05, 3.63) is 28.8 Å². The number of hydrogen-bond acceptors (Lipinski definition) is 5. The van der Waals surface area contributed by atoms with E-state index in [2.05, 4.69) is 18.0 Å². The predicted molar refractivity (Wildman–Crippen MR) is 85.1 cm³/mol. The van der Waals surface area contributed by atoms with Crippen molar-refractivity contribution in [3.8, 4) is 22.1 Å². The van der Waals surface area contributed by atoms with E-state index in [9.17, 15) is 0 Å². The number of fused-ring (bicyclic) bond motifs is 1. The van der Waals surface area contributed by atoms with Crippen LogP contribution >= 0.6 is 11.3 Å². The lowest BCUT2D eigenvalue weighted by atomic mass is 10.1. The molecule has 5 heteroatoms. The fourth-order valence-electron chi connectivity index (χ4n) is 2.50. The van der Waals surface area contributed by atoms with E-state index in [-0.39, 0.29) is 12.1 Å². The van der Waals surface area contributed by atoms with E-state index in [0.717, 1.165) is 33.4 Å². The van der Waals surface area contributed by atoms with Crippen LogP contribution in [0.2, 0.25) is 0 Å². The van der Waals surface area contributed by atoms with Crippen molar-refractivity contribution in [2.75, 3.05) is 6.61 Å². The van der Waals surface area contributed by atoms with Gasteiger partial charge in [0, 0.05) is 29.1 Å². The minimum atomic E-state index is -0.00232. The Morgan fingerprint density at radius 1 is 1.52 bits per heavy atom. The Labute approximate surface area is 128 Å². The molecule has 2 aromatic rings. The average molecular weight is 304 g/mol. The highest BCUT2D eigenvalue weighted by Gasteiger charge is 2.23. The minimum absolute atomic E-state index is 0.00232. The van der Waals surface area contributed by atoms with Crippen LogP contribution in [0, 0.1) is 0 Å². The molecule has 4 nitrogen and oxygen atoms in total. The monoisotopic (exact) mass is 304 g/mol. The van der Waals surface area contributed by atoms with Gasteiger partial charge < -0.3 is 15.2 Å².